The van der Waals surface area contributed by atoms with Crippen molar-refractivity contribution in [3.63, 3.8) is 0 Å². The molecule has 0 bridgehead atoms. The van der Waals surface area contributed by atoms with E-state index < -0.39 is 0 Å². The van der Waals surface area contributed by atoms with Crippen LogP contribution >= 0.6 is 0 Å². The highest BCUT2D eigenvalue weighted by Crippen LogP contribution is 2.37. The van der Waals surface area contributed by atoms with Crippen LogP contribution in [0.4, 0.5) is 0 Å². The number of methoxy groups -OCH3 is 1. The van der Waals surface area contributed by atoms with Crippen molar-refractivity contribution >= 4 is 6.08 Å². The van der Waals surface area contributed by atoms with Gasteiger partial charge in [0, 0.05) is 42.0 Å². The molecule has 3 nitrogen and oxygen atoms in total. The second-order valence-corrected chi connectivity index (χ2v) is 5.98. The standard InChI is InChI=1S/C16H24N2O/c1-10(2)18-8-7-13-14-9-12(19-4)5-6-15(14)17-16(13)11(18)3/h9-11,17H,5-8H2,1-4H3. The van der Waals surface area contributed by atoms with Gasteiger partial charge in [0.1, 0.15) is 0 Å². The van der Waals surface area contributed by atoms with Crippen LogP contribution in [0.25, 0.3) is 6.08 Å². The van der Waals surface area contributed by atoms with Crippen molar-refractivity contribution in [1.82, 2.24) is 9.88 Å². The van der Waals surface area contributed by atoms with E-state index in [2.05, 4.69) is 36.7 Å². The Balaban J connectivity index is 2.01. The summed E-state index contributed by atoms with van der Waals surface area (Å²) in [6.07, 6.45) is 5.49. The van der Waals surface area contributed by atoms with E-state index in [1.165, 1.54) is 22.5 Å². The normalized spacial score (nSPS) is 23.0. The molecular weight excluding hydrogens is 236 g/mol. The lowest BCUT2D eigenvalue weighted by Crippen LogP contribution is -2.38. The van der Waals surface area contributed by atoms with E-state index in [9.17, 15) is 0 Å². The maximum absolute atomic E-state index is 5.43. The molecule has 2 heterocycles. The van der Waals surface area contributed by atoms with Gasteiger partial charge in [-0.25, -0.2) is 0 Å². The SMILES string of the molecule is COC1=Cc2c([nH]c3c2CCN(C(C)C)C3C)CC1. The van der Waals surface area contributed by atoms with E-state index >= 15 is 0 Å². The Bertz CT molecular complexity index is 513. The van der Waals surface area contributed by atoms with Crippen molar-refractivity contribution in [2.45, 2.75) is 52.1 Å². The minimum atomic E-state index is 0.494. The van der Waals surface area contributed by atoms with Gasteiger partial charge in [0.05, 0.1) is 12.9 Å². The van der Waals surface area contributed by atoms with Crippen LogP contribution in [0.15, 0.2) is 5.76 Å². The molecule has 1 unspecified atom stereocenters. The summed E-state index contributed by atoms with van der Waals surface area (Å²) in [5, 5.41) is 0. The summed E-state index contributed by atoms with van der Waals surface area (Å²) in [4.78, 5) is 6.27. The first-order valence-corrected chi connectivity index (χ1v) is 7.35. The van der Waals surface area contributed by atoms with Crippen molar-refractivity contribution in [2.75, 3.05) is 13.7 Å². The number of hydrogen-bond acceptors (Lipinski definition) is 2. The number of nitrogens with one attached hydrogen (secondary N) is 1. The molecule has 0 radical (unpaired) electrons. The maximum atomic E-state index is 5.43. The highest BCUT2D eigenvalue weighted by Gasteiger charge is 2.31. The zero-order valence-electron chi connectivity index (χ0n) is 12.4. The van der Waals surface area contributed by atoms with E-state index in [4.69, 9.17) is 4.74 Å². The maximum Gasteiger partial charge on any atom is 0.0966 e. The number of rotatable bonds is 2. The number of nitrogens with zero attached hydrogens (tertiary/aromatic N) is 1. The molecule has 1 aromatic heterocycles. The zero-order valence-corrected chi connectivity index (χ0v) is 12.4. The Morgan fingerprint density at radius 1 is 1.32 bits per heavy atom. The minimum Gasteiger partial charge on any atom is -0.501 e. The third-order valence-electron chi connectivity index (χ3n) is 4.65. The van der Waals surface area contributed by atoms with Crippen LogP contribution in [0.5, 0.6) is 0 Å². The molecule has 0 spiro atoms. The van der Waals surface area contributed by atoms with Gasteiger partial charge >= 0.3 is 0 Å². The molecule has 0 fully saturated rings. The Morgan fingerprint density at radius 2 is 2.11 bits per heavy atom. The molecule has 0 saturated heterocycles. The molecule has 19 heavy (non-hydrogen) atoms. The van der Waals surface area contributed by atoms with Crippen LogP contribution in [0.1, 0.15) is 55.7 Å². The first-order chi connectivity index (χ1) is 9.11. The van der Waals surface area contributed by atoms with E-state index in [1.807, 2.05) is 0 Å². The Morgan fingerprint density at radius 3 is 2.79 bits per heavy atom. The summed E-state index contributed by atoms with van der Waals surface area (Å²) in [6.45, 7) is 8.05. The molecule has 3 rings (SSSR count). The number of allylic oxidation sites excluding steroid dienone is 1. The van der Waals surface area contributed by atoms with Crippen molar-refractivity contribution in [3.05, 3.63) is 28.3 Å². The lowest BCUT2D eigenvalue weighted by atomic mass is 9.93. The lowest BCUT2D eigenvalue weighted by Gasteiger charge is -2.36. The van der Waals surface area contributed by atoms with Crippen LogP contribution < -0.4 is 0 Å². The monoisotopic (exact) mass is 260 g/mol. The molecule has 0 saturated carbocycles. The fourth-order valence-electron chi connectivity index (χ4n) is 3.58. The molecule has 1 aromatic rings. The van der Waals surface area contributed by atoms with Gasteiger partial charge in [0.25, 0.3) is 0 Å². The third kappa shape index (κ3) is 2.00. The third-order valence-corrected chi connectivity index (χ3v) is 4.65. The summed E-state index contributed by atoms with van der Waals surface area (Å²) in [6, 6.07) is 1.10. The summed E-state index contributed by atoms with van der Waals surface area (Å²) >= 11 is 0. The first kappa shape index (κ1) is 12.8. The van der Waals surface area contributed by atoms with Crippen LogP contribution in [0.2, 0.25) is 0 Å². The smallest absolute Gasteiger partial charge is 0.0966 e. The average Bonchev–Trinajstić information content (AvgIpc) is 2.77. The van der Waals surface area contributed by atoms with E-state index in [-0.39, 0.29) is 0 Å². The van der Waals surface area contributed by atoms with Crippen LogP contribution in [0.3, 0.4) is 0 Å². The van der Waals surface area contributed by atoms with Crippen LogP contribution in [-0.4, -0.2) is 29.6 Å². The molecule has 2 aliphatic rings. The zero-order chi connectivity index (χ0) is 13.6. The number of aromatic amines is 1. The molecule has 104 valence electrons. The molecule has 0 amide bonds. The van der Waals surface area contributed by atoms with Gasteiger partial charge in [-0.15, -0.1) is 0 Å². The number of fused-ring (bicyclic) bond motifs is 3. The van der Waals surface area contributed by atoms with Gasteiger partial charge in [-0.05, 0) is 45.3 Å². The topological polar surface area (TPSA) is 28.3 Å². The van der Waals surface area contributed by atoms with E-state index in [0.29, 0.717) is 12.1 Å². The predicted molar refractivity (Wildman–Crippen MR) is 78.1 cm³/mol. The molecule has 1 N–H and O–H groups in total. The van der Waals surface area contributed by atoms with Crippen LogP contribution in [0, 0.1) is 0 Å². The number of ether oxygens (including phenoxy) is 1. The van der Waals surface area contributed by atoms with Gasteiger partial charge in [0.15, 0.2) is 0 Å². The molecule has 0 aromatic carbocycles. The van der Waals surface area contributed by atoms with Gasteiger partial charge in [-0.2, -0.15) is 0 Å². The number of aryl methyl sites for hydroxylation is 1. The van der Waals surface area contributed by atoms with E-state index in [0.717, 1.165) is 31.6 Å². The quantitative estimate of drug-likeness (QED) is 0.884. The number of aromatic nitrogens is 1. The molecule has 1 atom stereocenters. The van der Waals surface area contributed by atoms with Gasteiger partial charge < -0.3 is 9.72 Å². The molecule has 3 heteroatoms. The lowest BCUT2D eigenvalue weighted by molar-refractivity contribution is 0.152. The largest absolute Gasteiger partial charge is 0.501 e. The minimum absolute atomic E-state index is 0.494. The molecule has 1 aliphatic carbocycles. The highest BCUT2D eigenvalue weighted by atomic mass is 16.5. The van der Waals surface area contributed by atoms with Crippen molar-refractivity contribution in [3.8, 4) is 0 Å². The van der Waals surface area contributed by atoms with E-state index in [1.54, 1.807) is 7.11 Å². The summed E-state index contributed by atoms with van der Waals surface area (Å²) in [5.41, 5.74) is 5.77. The van der Waals surface area contributed by atoms with Crippen LogP contribution in [-0.2, 0) is 17.6 Å². The fraction of sp³-hybridized carbons (Fsp3) is 0.625. The Labute approximate surface area is 115 Å². The van der Waals surface area contributed by atoms with Crippen molar-refractivity contribution in [1.29, 1.82) is 0 Å². The molecule has 1 aliphatic heterocycles. The fourth-order valence-corrected chi connectivity index (χ4v) is 3.58. The predicted octanol–water partition coefficient (Wildman–Crippen LogP) is 3.28. The van der Waals surface area contributed by atoms with Gasteiger partial charge in [-0.3, -0.25) is 4.90 Å². The second-order valence-electron chi connectivity index (χ2n) is 5.98. The van der Waals surface area contributed by atoms with Gasteiger partial charge in [0.2, 0.25) is 0 Å². The first-order valence-electron chi connectivity index (χ1n) is 7.35. The van der Waals surface area contributed by atoms with Crippen molar-refractivity contribution < 1.29 is 4.74 Å². The second kappa shape index (κ2) is 4.71. The highest BCUT2D eigenvalue weighted by molar-refractivity contribution is 5.63. The summed E-state index contributed by atoms with van der Waals surface area (Å²) in [7, 11) is 1.78. The number of hydrogen-bond donors (Lipinski definition) is 1. The summed E-state index contributed by atoms with van der Waals surface area (Å²) < 4.78 is 5.43. The molecular formula is C16H24N2O. The van der Waals surface area contributed by atoms with Gasteiger partial charge in [-0.1, -0.05) is 0 Å². The number of H-pyrrole nitrogens is 1. The Kier molecular flexibility index (Phi) is 3.17. The summed E-state index contributed by atoms with van der Waals surface area (Å²) in [5.74, 6) is 1.12. The Hall–Kier alpha value is -1.22. The average molecular weight is 260 g/mol. The van der Waals surface area contributed by atoms with Crippen molar-refractivity contribution in [2.24, 2.45) is 0 Å².